The fraction of sp³-hybridized carbons (Fsp3) is 0.556. The zero-order valence-electron chi connectivity index (χ0n) is 7.82. The Kier molecular flexibility index (Phi) is 3.57. The molecule has 0 aliphatic rings. The lowest BCUT2D eigenvalue weighted by Gasteiger charge is -2.04. The summed E-state index contributed by atoms with van der Waals surface area (Å²) in [7, 11) is 5.60. The van der Waals surface area contributed by atoms with Crippen LogP contribution in [0.2, 0.25) is 0 Å². The van der Waals surface area contributed by atoms with Gasteiger partial charge in [-0.15, -0.1) is 0 Å². The molecule has 0 amide bonds. The summed E-state index contributed by atoms with van der Waals surface area (Å²) in [6.45, 7) is 2.74. The minimum absolute atomic E-state index is 0.495. The zero-order chi connectivity index (χ0) is 9.68. The molecule has 1 aromatic rings. The van der Waals surface area contributed by atoms with Crippen LogP contribution in [0.25, 0.3) is 0 Å². The van der Waals surface area contributed by atoms with Gasteiger partial charge in [0.25, 0.3) is 0 Å². The molecule has 4 heteroatoms. The Balaban J connectivity index is 2.82. The van der Waals surface area contributed by atoms with Crippen molar-refractivity contribution in [1.82, 2.24) is 9.55 Å². The summed E-state index contributed by atoms with van der Waals surface area (Å²) in [6.07, 6.45) is 3.66. The van der Waals surface area contributed by atoms with Gasteiger partial charge in [0.15, 0.2) is 0 Å². The smallest absolute Gasteiger partial charge is 0.0951 e. The van der Waals surface area contributed by atoms with E-state index in [0.29, 0.717) is 19.3 Å². The van der Waals surface area contributed by atoms with Crippen molar-refractivity contribution in [2.75, 3.05) is 0 Å². The highest BCUT2D eigenvalue weighted by molar-refractivity contribution is 6.08. The number of nitrogens with zero attached hydrogens (tertiary/aromatic N) is 3. The van der Waals surface area contributed by atoms with E-state index in [4.69, 9.17) is 13.1 Å². The van der Waals surface area contributed by atoms with Gasteiger partial charge in [0.1, 0.15) is 0 Å². The monoisotopic (exact) mass is 173 g/mol. The van der Waals surface area contributed by atoms with Crippen molar-refractivity contribution in [2.24, 2.45) is 0 Å². The van der Waals surface area contributed by atoms with Gasteiger partial charge in [-0.25, -0.2) is 4.98 Å². The van der Waals surface area contributed by atoms with Gasteiger partial charge in [-0.05, 0) is 12.7 Å². The Bertz CT molecular complexity index is 311. The van der Waals surface area contributed by atoms with Gasteiger partial charge in [0, 0.05) is 12.2 Å². The summed E-state index contributed by atoms with van der Waals surface area (Å²) in [5.74, 6) is 0. The molecular formula is C9H12BN3. The average Bonchev–Trinajstić information content (AvgIpc) is 2.56. The lowest BCUT2D eigenvalue weighted by atomic mass is 9.99. The van der Waals surface area contributed by atoms with E-state index in [9.17, 15) is 0 Å². The van der Waals surface area contributed by atoms with E-state index < -0.39 is 0 Å². The SMILES string of the molecule is [B]Cc1c(CC)ncn1CCC#N. The Labute approximate surface area is 79.8 Å². The minimum Gasteiger partial charge on any atom is -0.334 e. The predicted octanol–water partition coefficient (Wildman–Crippen LogP) is 1.03. The highest BCUT2D eigenvalue weighted by atomic mass is 15.1. The summed E-state index contributed by atoms with van der Waals surface area (Å²) >= 11 is 0. The molecule has 1 rings (SSSR count). The van der Waals surface area contributed by atoms with Crippen molar-refractivity contribution in [3.63, 3.8) is 0 Å². The topological polar surface area (TPSA) is 41.6 Å². The minimum atomic E-state index is 0.495. The van der Waals surface area contributed by atoms with Crippen molar-refractivity contribution in [3.8, 4) is 6.07 Å². The van der Waals surface area contributed by atoms with Crippen molar-refractivity contribution in [3.05, 3.63) is 17.7 Å². The fourth-order valence-electron chi connectivity index (χ4n) is 1.34. The molecule has 0 spiro atoms. The average molecular weight is 173 g/mol. The van der Waals surface area contributed by atoms with Crippen molar-refractivity contribution >= 4 is 7.85 Å². The number of hydrogen-bond donors (Lipinski definition) is 0. The highest BCUT2D eigenvalue weighted by Gasteiger charge is 2.05. The molecule has 0 unspecified atom stereocenters. The number of nitriles is 1. The number of rotatable bonds is 4. The van der Waals surface area contributed by atoms with Gasteiger partial charge >= 0.3 is 0 Å². The van der Waals surface area contributed by atoms with Crippen LogP contribution < -0.4 is 0 Å². The Hall–Kier alpha value is -1.24. The maximum absolute atomic E-state index is 8.44. The number of aromatic nitrogens is 2. The second kappa shape index (κ2) is 4.71. The van der Waals surface area contributed by atoms with E-state index in [2.05, 4.69) is 18.0 Å². The van der Waals surface area contributed by atoms with Crippen LogP contribution in [0.15, 0.2) is 6.33 Å². The first-order chi connectivity index (χ1) is 6.33. The van der Waals surface area contributed by atoms with E-state index >= 15 is 0 Å². The molecule has 0 saturated heterocycles. The normalized spacial score (nSPS) is 9.85. The molecule has 1 aromatic heterocycles. The van der Waals surface area contributed by atoms with Crippen molar-refractivity contribution in [2.45, 2.75) is 32.6 Å². The first kappa shape index (κ1) is 9.85. The third kappa shape index (κ3) is 2.12. The van der Waals surface area contributed by atoms with Crippen LogP contribution in [-0.4, -0.2) is 17.4 Å². The Morgan fingerprint density at radius 2 is 2.46 bits per heavy atom. The zero-order valence-corrected chi connectivity index (χ0v) is 7.82. The molecule has 0 atom stereocenters. The van der Waals surface area contributed by atoms with Crippen molar-refractivity contribution in [1.29, 1.82) is 5.26 Å². The Morgan fingerprint density at radius 3 is 3.00 bits per heavy atom. The maximum atomic E-state index is 8.44. The van der Waals surface area contributed by atoms with Gasteiger partial charge in [-0.1, -0.05) is 6.92 Å². The third-order valence-electron chi connectivity index (χ3n) is 2.03. The van der Waals surface area contributed by atoms with Gasteiger partial charge in [0.2, 0.25) is 0 Å². The Morgan fingerprint density at radius 1 is 1.69 bits per heavy atom. The second-order valence-electron chi connectivity index (χ2n) is 2.80. The van der Waals surface area contributed by atoms with Gasteiger partial charge in [0.05, 0.1) is 32.4 Å². The summed E-state index contributed by atoms with van der Waals surface area (Å²) < 4.78 is 1.96. The first-order valence-corrected chi connectivity index (χ1v) is 4.43. The summed E-state index contributed by atoms with van der Waals surface area (Å²) in [4.78, 5) is 4.23. The molecule has 0 aliphatic carbocycles. The van der Waals surface area contributed by atoms with Gasteiger partial charge in [-0.3, -0.25) is 0 Å². The first-order valence-electron chi connectivity index (χ1n) is 4.43. The molecule has 3 nitrogen and oxygen atoms in total. The second-order valence-corrected chi connectivity index (χ2v) is 2.80. The lowest BCUT2D eigenvalue weighted by molar-refractivity contribution is 0.689. The molecule has 66 valence electrons. The van der Waals surface area contributed by atoms with Gasteiger partial charge < -0.3 is 4.57 Å². The van der Waals surface area contributed by atoms with Crippen molar-refractivity contribution < 1.29 is 0 Å². The number of imidazole rings is 1. The molecular weight excluding hydrogens is 161 g/mol. The van der Waals surface area contributed by atoms with Crippen LogP contribution in [0.1, 0.15) is 24.7 Å². The van der Waals surface area contributed by atoms with E-state index in [1.54, 1.807) is 6.33 Å². The largest absolute Gasteiger partial charge is 0.334 e. The van der Waals surface area contributed by atoms with Gasteiger partial charge in [-0.2, -0.15) is 5.26 Å². The molecule has 13 heavy (non-hydrogen) atoms. The molecule has 2 radical (unpaired) electrons. The van der Waals surface area contributed by atoms with E-state index in [1.807, 2.05) is 4.57 Å². The maximum Gasteiger partial charge on any atom is 0.0951 e. The van der Waals surface area contributed by atoms with Crippen LogP contribution in [0.4, 0.5) is 0 Å². The summed E-state index contributed by atoms with van der Waals surface area (Å²) in [6, 6.07) is 2.11. The lowest BCUT2D eigenvalue weighted by Crippen LogP contribution is -2.03. The fourth-order valence-corrected chi connectivity index (χ4v) is 1.34. The van der Waals surface area contributed by atoms with E-state index in [0.717, 1.165) is 17.8 Å². The van der Waals surface area contributed by atoms with E-state index in [-0.39, 0.29) is 0 Å². The summed E-state index contributed by atoms with van der Waals surface area (Å²) in [5, 5.41) is 8.44. The van der Waals surface area contributed by atoms with Crippen LogP contribution in [-0.2, 0) is 19.3 Å². The molecule has 0 N–H and O–H groups in total. The van der Waals surface area contributed by atoms with Crippen LogP contribution in [0, 0.1) is 11.3 Å². The third-order valence-corrected chi connectivity index (χ3v) is 2.03. The quantitative estimate of drug-likeness (QED) is 0.638. The van der Waals surface area contributed by atoms with Crippen LogP contribution >= 0.6 is 0 Å². The summed E-state index contributed by atoms with van der Waals surface area (Å²) in [5.41, 5.74) is 2.10. The van der Waals surface area contributed by atoms with Crippen LogP contribution in [0.3, 0.4) is 0 Å². The standard InChI is InChI=1S/C9H12BN3/c1-2-8-9(6-10)13(7-12-8)5-3-4-11/h7H,2-3,5-6H2,1H3. The molecule has 0 aliphatic heterocycles. The van der Waals surface area contributed by atoms with Crippen LogP contribution in [0.5, 0.6) is 0 Å². The molecule has 0 saturated carbocycles. The molecule has 1 heterocycles. The number of aryl methyl sites for hydroxylation is 2. The molecule has 0 bridgehead atoms. The molecule has 0 fully saturated rings. The highest BCUT2D eigenvalue weighted by Crippen LogP contribution is 2.08. The van der Waals surface area contributed by atoms with E-state index in [1.165, 1.54) is 0 Å². The predicted molar refractivity (Wildman–Crippen MR) is 51.3 cm³/mol. The number of hydrogen-bond acceptors (Lipinski definition) is 2. The molecule has 0 aromatic carbocycles.